The number of esters is 1. The molecule has 2 atom stereocenters. The molecule has 0 spiro atoms. The highest BCUT2D eigenvalue weighted by Crippen LogP contribution is 2.16. The molecule has 1 amide bonds. The Morgan fingerprint density at radius 2 is 1.70 bits per heavy atom. The summed E-state index contributed by atoms with van der Waals surface area (Å²) < 4.78 is 36.5. The maximum absolute atomic E-state index is 13.2. The Morgan fingerprint density at radius 3 is 2.30 bits per heavy atom. The van der Waals surface area contributed by atoms with Crippen molar-refractivity contribution in [2.24, 2.45) is 0 Å². The van der Waals surface area contributed by atoms with E-state index in [4.69, 9.17) is 14.7 Å². The standard InChI is InChI=1S/C19H16F2N2O4/c1-11(18(24)23-14-5-8-16(20)17(21)9-14)27-19(25)12(2)26-15-6-3-13(10-22)4-7-15/h3-9,11-12H,1-2H3,(H,23,24)/t11-,12+/m0/s1. The number of anilines is 1. The number of carbonyl (C=O) groups excluding carboxylic acids is 2. The van der Waals surface area contributed by atoms with Crippen LogP contribution in [0, 0.1) is 23.0 Å². The molecule has 8 heteroatoms. The first kappa shape index (κ1) is 19.8. The second-order valence-corrected chi connectivity index (χ2v) is 5.59. The van der Waals surface area contributed by atoms with Gasteiger partial charge in [-0.15, -0.1) is 0 Å². The molecule has 6 nitrogen and oxygen atoms in total. The van der Waals surface area contributed by atoms with E-state index in [2.05, 4.69) is 5.32 Å². The van der Waals surface area contributed by atoms with Crippen molar-refractivity contribution in [1.82, 2.24) is 0 Å². The van der Waals surface area contributed by atoms with Gasteiger partial charge < -0.3 is 14.8 Å². The smallest absolute Gasteiger partial charge is 0.347 e. The van der Waals surface area contributed by atoms with Crippen molar-refractivity contribution in [2.45, 2.75) is 26.1 Å². The summed E-state index contributed by atoms with van der Waals surface area (Å²) in [5, 5.41) is 11.1. The first-order valence-electron chi connectivity index (χ1n) is 7.93. The van der Waals surface area contributed by atoms with Gasteiger partial charge in [0.15, 0.2) is 23.8 Å². The van der Waals surface area contributed by atoms with Gasteiger partial charge in [0, 0.05) is 11.8 Å². The molecule has 0 heterocycles. The number of halogens is 2. The summed E-state index contributed by atoms with van der Waals surface area (Å²) in [6, 6.07) is 11.0. The van der Waals surface area contributed by atoms with Crippen molar-refractivity contribution in [1.29, 1.82) is 5.26 Å². The van der Waals surface area contributed by atoms with Crippen LogP contribution in [0.3, 0.4) is 0 Å². The average Bonchev–Trinajstić information content (AvgIpc) is 2.65. The number of hydrogen-bond acceptors (Lipinski definition) is 5. The van der Waals surface area contributed by atoms with E-state index in [1.807, 2.05) is 6.07 Å². The lowest BCUT2D eigenvalue weighted by atomic mass is 10.2. The van der Waals surface area contributed by atoms with Crippen LogP contribution >= 0.6 is 0 Å². The highest BCUT2D eigenvalue weighted by Gasteiger charge is 2.23. The van der Waals surface area contributed by atoms with E-state index < -0.39 is 35.7 Å². The molecule has 0 radical (unpaired) electrons. The number of ether oxygens (including phenoxy) is 2. The largest absolute Gasteiger partial charge is 0.479 e. The van der Waals surface area contributed by atoms with Crippen LogP contribution in [0.4, 0.5) is 14.5 Å². The zero-order valence-corrected chi connectivity index (χ0v) is 14.5. The number of nitrogens with zero attached hydrogens (tertiary/aromatic N) is 1. The van der Waals surface area contributed by atoms with Crippen molar-refractivity contribution in [3.8, 4) is 11.8 Å². The van der Waals surface area contributed by atoms with E-state index in [-0.39, 0.29) is 5.69 Å². The molecule has 0 saturated carbocycles. The zero-order chi connectivity index (χ0) is 20.0. The summed E-state index contributed by atoms with van der Waals surface area (Å²) >= 11 is 0. The molecule has 0 fully saturated rings. The average molecular weight is 374 g/mol. The lowest BCUT2D eigenvalue weighted by molar-refractivity contribution is -0.159. The fraction of sp³-hybridized carbons (Fsp3) is 0.211. The Hall–Kier alpha value is -3.47. The minimum Gasteiger partial charge on any atom is -0.479 e. The molecular formula is C19H16F2N2O4. The van der Waals surface area contributed by atoms with Crippen molar-refractivity contribution < 1.29 is 27.8 Å². The van der Waals surface area contributed by atoms with E-state index >= 15 is 0 Å². The van der Waals surface area contributed by atoms with Gasteiger partial charge in [-0.2, -0.15) is 5.26 Å². The summed E-state index contributed by atoms with van der Waals surface area (Å²) in [4.78, 5) is 24.1. The van der Waals surface area contributed by atoms with Gasteiger partial charge in [-0.05, 0) is 50.2 Å². The lowest BCUT2D eigenvalue weighted by Crippen LogP contribution is -2.35. The molecule has 0 aromatic heterocycles. The molecule has 2 aromatic carbocycles. The molecule has 2 rings (SSSR count). The van der Waals surface area contributed by atoms with Gasteiger partial charge in [-0.1, -0.05) is 0 Å². The van der Waals surface area contributed by atoms with Crippen LogP contribution in [0.1, 0.15) is 19.4 Å². The van der Waals surface area contributed by atoms with E-state index in [1.165, 1.54) is 44.2 Å². The van der Waals surface area contributed by atoms with Crippen LogP contribution in [0.15, 0.2) is 42.5 Å². The third kappa shape index (κ3) is 5.51. The number of amides is 1. The monoisotopic (exact) mass is 374 g/mol. The second kappa shape index (κ2) is 8.76. The van der Waals surface area contributed by atoms with Crippen LogP contribution in [0.2, 0.25) is 0 Å². The fourth-order valence-electron chi connectivity index (χ4n) is 2.00. The predicted octanol–water partition coefficient (Wildman–Crippen LogP) is 3.17. The Labute approximate surface area is 154 Å². The van der Waals surface area contributed by atoms with Gasteiger partial charge in [-0.3, -0.25) is 4.79 Å². The molecule has 0 saturated heterocycles. The third-order valence-corrected chi connectivity index (χ3v) is 3.48. The number of hydrogen-bond donors (Lipinski definition) is 1. The summed E-state index contributed by atoms with van der Waals surface area (Å²) in [5.74, 6) is -3.28. The fourth-order valence-corrected chi connectivity index (χ4v) is 2.00. The normalized spacial score (nSPS) is 12.4. The molecule has 0 bridgehead atoms. The molecule has 27 heavy (non-hydrogen) atoms. The zero-order valence-electron chi connectivity index (χ0n) is 14.5. The molecule has 2 aromatic rings. The van der Waals surface area contributed by atoms with Crippen molar-refractivity contribution >= 4 is 17.6 Å². The molecule has 0 aliphatic rings. The summed E-state index contributed by atoms with van der Waals surface area (Å²) in [7, 11) is 0. The van der Waals surface area contributed by atoms with E-state index in [1.54, 1.807) is 0 Å². The SMILES string of the molecule is C[C@H](OC(=O)[C@@H](C)Oc1ccc(C#N)cc1)C(=O)Nc1ccc(F)c(F)c1. The first-order valence-corrected chi connectivity index (χ1v) is 7.93. The van der Waals surface area contributed by atoms with Gasteiger partial charge >= 0.3 is 5.97 Å². The minimum absolute atomic E-state index is 0.0312. The predicted molar refractivity (Wildman–Crippen MR) is 91.8 cm³/mol. The van der Waals surface area contributed by atoms with Gasteiger partial charge in [0.25, 0.3) is 5.91 Å². The lowest BCUT2D eigenvalue weighted by Gasteiger charge is -2.18. The molecule has 0 aliphatic carbocycles. The van der Waals surface area contributed by atoms with Crippen LogP contribution in [-0.2, 0) is 14.3 Å². The van der Waals surface area contributed by atoms with E-state index in [0.717, 1.165) is 12.1 Å². The Kier molecular flexibility index (Phi) is 6.44. The number of benzene rings is 2. The summed E-state index contributed by atoms with van der Waals surface area (Å²) in [6.45, 7) is 2.78. The molecular weight excluding hydrogens is 358 g/mol. The van der Waals surface area contributed by atoms with Gasteiger partial charge in [-0.25, -0.2) is 13.6 Å². The number of carbonyl (C=O) groups is 2. The van der Waals surface area contributed by atoms with Crippen LogP contribution in [0.5, 0.6) is 5.75 Å². The molecule has 140 valence electrons. The van der Waals surface area contributed by atoms with E-state index in [0.29, 0.717) is 11.3 Å². The van der Waals surface area contributed by atoms with Gasteiger partial charge in [0.05, 0.1) is 11.6 Å². The van der Waals surface area contributed by atoms with Crippen molar-refractivity contribution in [2.75, 3.05) is 5.32 Å². The number of rotatable bonds is 6. The third-order valence-electron chi connectivity index (χ3n) is 3.48. The van der Waals surface area contributed by atoms with Gasteiger partial charge in [0.2, 0.25) is 0 Å². The molecule has 0 aliphatic heterocycles. The van der Waals surface area contributed by atoms with Crippen LogP contribution < -0.4 is 10.1 Å². The van der Waals surface area contributed by atoms with Gasteiger partial charge in [0.1, 0.15) is 5.75 Å². The highest BCUT2D eigenvalue weighted by molar-refractivity contribution is 5.95. The van der Waals surface area contributed by atoms with Crippen molar-refractivity contribution in [3.05, 3.63) is 59.7 Å². The van der Waals surface area contributed by atoms with E-state index in [9.17, 15) is 18.4 Å². The summed E-state index contributed by atoms with van der Waals surface area (Å²) in [5.41, 5.74) is 0.476. The second-order valence-electron chi connectivity index (χ2n) is 5.59. The Balaban J connectivity index is 1.89. The topological polar surface area (TPSA) is 88.4 Å². The maximum Gasteiger partial charge on any atom is 0.347 e. The Morgan fingerprint density at radius 1 is 1.04 bits per heavy atom. The minimum atomic E-state index is -1.18. The number of nitriles is 1. The van der Waals surface area contributed by atoms with Crippen LogP contribution in [0.25, 0.3) is 0 Å². The highest BCUT2D eigenvalue weighted by atomic mass is 19.2. The summed E-state index contributed by atoms with van der Waals surface area (Å²) in [6.07, 6.45) is -2.19. The van der Waals surface area contributed by atoms with Crippen molar-refractivity contribution in [3.63, 3.8) is 0 Å². The maximum atomic E-state index is 13.2. The number of nitrogens with one attached hydrogen (secondary N) is 1. The molecule has 1 N–H and O–H groups in total. The Bertz CT molecular complexity index is 878. The van der Waals surface area contributed by atoms with Crippen LogP contribution in [-0.4, -0.2) is 24.1 Å². The first-order chi connectivity index (χ1) is 12.8. The molecule has 0 unspecified atom stereocenters. The quantitative estimate of drug-likeness (QED) is 0.785.